The van der Waals surface area contributed by atoms with Gasteiger partial charge in [-0.3, -0.25) is 0 Å². The van der Waals surface area contributed by atoms with Crippen LogP contribution in [0.2, 0.25) is 0 Å². The molecule has 0 radical (unpaired) electrons. The normalized spacial score (nSPS) is 14.6. The molecule has 6 nitrogen and oxygen atoms in total. The third-order valence-electron chi connectivity index (χ3n) is 4.18. The van der Waals surface area contributed by atoms with Crippen LogP contribution in [-0.4, -0.2) is 19.0 Å². The van der Waals surface area contributed by atoms with Crippen molar-refractivity contribution >= 4 is 56.5 Å². The van der Waals surface area contributed by atoms with Gasteiger partial charge < -0.3 is 18.6 Å². The number of aliphatic imine (C=N–C) groups is 1. The lowest BCUT2D eigenvalue weighted by Gasteiger charge is -2.14. The van der Waals surface area contributed by atoms with Gasteiger partial charge in [-0.25, -0.2) is 9.79 Å². The summed E-state index contributed by atoms with van der Waals surface area (Å²) < 4.78 is 23.8. The number of esters is 1. The summed E-state index contributed by atoms with van der Waals surface area (Å²) in [6.07, 6.45) is 3.13. The average Bonchev–Trinajstić information content (AvgIpc) is 3.37. The predicted octanol–water partition coefficient (Wildman–Crippen LogP) is 5.58. The van der Waals surface area contributed by atoms with E-state index in [1.807, 2.05) is 30.3 Å². The lowest BCUT2D eigenvalue weighted by molar-refractivity contribution is -0.130. The number of hydrogen-bond acceptors (Lipinski definition) is 6. The summed E-state index contributed by atoms with van der Waals surface area (Å²) in [6, 6.07) is 15.0. The molecule has 0 saturated heterocycles. The van der Waals surface area contributed by atoms with Crippen molar-refractivity contribution in [2.24, 2.45) is 4.99 Å². The maximum atomic E-state index is 12.2. The van der Waals surface area contributed by atoms with Crippen LogP contribution in [0.1, 0.15) is 16.9 Å². The predicted molar refractivity (Wildman–Crippen MR) is 123 cm³/mol. The highest BCUT2D eigenvalue weighted by atomic mass is 127. The molecule has 0 fully saturated rings. The van der Waals surface area contributed by atoms with Crippen molar-refractivity contribution in [1.82, 2.24) is 0 Å². The smallest absolute Gasteiger partial charge is 0.363 e. The van der Waals surface area contributed by atoms with Gasteiger partial charge in [-0.1, -0.05) is 28.1 Å². The minimum absolute atomic E-state index is 0.145. The Morgan fingerprint density at radius 2 is 2.07 bits per heavy atom. The van der Waals surface area contributed by atoms with E-state index in [2.05, 4.69) is 43.5 Å². The van der Waals surface area contributed by atoms with E-state index in [-0.39, 0.29) is 11.6 Å². The molecule has 30 heavy (non-hydrogen) atoms. The van der Waals surface area contributed by atoms with Gasteiger partial charge in [0.2, 0.25) is 0 Å². The Labute approximate surface area is 194 Å². The second-order valence-corrected chi connectivity index (χ2v) is 8.34. The van der Waals surface area contributed by atoms with Crippen molar-refractivity contribution in [3.05, 3.63) is 85.4 Å². The number of rotatable bonds is 6. The molecular weight excluding hydrogens is 565 g/mol. The molecule has 0 atom stereocenters. The van der Waals surface area contributed by atoms with Crippen molar-refractivity contribution in [3.8, 4) is 11.5 Å². The number of carbonyl (C=O) groups excluding carboxylic acids is 1. The highest BCUT2D eigenvalue weighted by Gasteiger charge is 2.26. The Hall–Kier alpha value is -2.59. The van der Waals surface area contributed by atoms with E-state index >= 15 is 0 Å². The summed E-state index contributed by atoms with van der Waals surface area (Å²) in [5, 5.41) is 0. The quantitative estimate of drug-likeness (QED) is 0.217. The van der Waals surface area contributed by atoms with Crippen molar-refractivity contribution < 1.29 is 23.4 Å². The zero-order chi connectivity index (χ0) is 21.1. The minimum atomic E-state index is -0.537. The topological polar surface area (TPSA) is 70.3 Å². The Balaban J connectivity index is 1.59. The molecule has 2 heterocycles. The fraction of sp³-hybridized carbons (Fsp3) is 0.0909. The van der Waals surface area contributed by atoms with E-state index in [1.54, 1.807) is 31.4 Å². The molecular formula is C22H15BrINO5. The summed E-state index contributed by atoms with van der Waals surface area (Å²) >= 11 is 5.64. The van der Waals surface area contributed by atoms with E-state index in [1.165, 1.54) is 6.26 Å². The first-order chi connectivity index (χ1) is 14.5. The van der Waals surface area contributed by atoms with Gasteiger partial charge in [0.05, 0.1) is 16.9 Å². The van der Waals surface area contributed by atoms with E-state index < -0.39 is 5.97 Å². The maximum Gasteiger partial charge on any atom is 0.363 e. The Kier molecular flexibility index (Phi) is 6.24. The molecule has 0 unspecified atom stereocenters. The molecule has 3 aromatic rings. The maximum absolute atomic E-state index is 12.2. The summed E-state index contributed by atoms with van der Waals surface area (Å²) in [5.41, 5.74) is 1.95. The molecule has 152 valence electrons. The Bertz CT molecular complexity index is 1150. The number of hydrogen-bond donors (Lipinski definition) is 0. The van der Waals surface area contributed by atoms with Crippen LogP contribution in [0, 0.1) is 3.57 Å². The second-order valence-electron chi connectivity index (χ2n) is 6.27. The van der Waals surface area contributed by atoms with Crippen LogP contribution < -0.4 is 9.47 Å². The highest BCUT2D eigenvalue weighted by molar-refractivity contribution is 14.1. The fourth-order valence-electron chi connectivity index (χ4n) is 2.82. The number of carbonyl (C=O) groups is 1. The van der Waals surface area contributed by atoms with Crippen molar-refractivity contribution in [2.45, 2.75) is 6.61 Å². The first-order valence-corrected chi connectivity index (χ1v) is 10.7. The van der Waals surface area contributed by atoms with Crippen molar-refractivity contribution in [2.75, 3.05) is 7.11 Å². The molecule has 0 amide bonds. The molecule has 1 aromatic heterocycles. The van der Waals surface area contributed by atoms with Gasteiger partial charge >= 0.3 is 5.97 Å². The van der Waals surface area contributed by atoms with E-state index in [9.17, 15) is 4.79 Å². The van der Waals surface area contributed by atoms with Gasteiger partial charge in [-0.05, 0) is 76.2 Å². The first kappa shape index (κ1) is 20.7. The molecule has 8 heteroatoms. The van der Waals surface area contributed by atoms with Gasteiger partial charge in [-0.15, -0.1) is 0 Å². The van der Waals surface area contributed by atoms with Gasteiger partial charge in [-0.2, -0.15) is 0 Å². The van der Waals surface area contributed by atoms with E-state index in [4.69, 9.17) is 18.6 Å². The van der Waals surface area contributed by atoms with E-state index in [0.717, 1.165) is 19.2 Å². The molecule has 0 saturated carbocycles. The number of methoxy groups -OCH3 is 1. The number of cyclic esters (lactones) is 1. The molecule has 0 bridgehead atoms. The van der Waals surface area contributed by atoms with Gasteiger partial charge in [0, 0.05) is 4.47 Å². The molecule has 1 aliphatic rings. The van der Waals surface area contributed by atoms with Crippen LogP contribution in [0.25, 0.3) is 6.08 Å². The number of nitrogens with zero attached hydrogens (tertiary/aromatic N) is 1. The van der Waals surface area contributed by atoms with Gasteiger partial charge in [0.1, 0.15) is 6.61 Å². The number of ether oxygens (including phenoxy) is 3. The average molecular weight is 580 g/mol. The zero-order valence-electron chi connectivity index (χ0n) is 15.7. The third-order valence-corrected chi connectivity index (χ3v) is 5.47. The zero-order valence-corrected chi connectivity index (χ0v) is 19.5. The summed E-state index contributed by atoms with van der Waals surface area (Å²) in [4.78, 5) is 16.4. The minimum Gasteiger partial charge on any atom is -0.493 e. The van der Waals surface area contributed by atoms with Crippen LogP contribution in [0.5, 0.6) is 11.5 Å². The standard InChI is InChI=1S/C22H15BrINO5/c1-27-19-11-14(10-17-22(26)30-21(25-17)18-6-3-7-28-18)9-16(24)20(19)29-12-13-4-2-5-15(23)8-13/h2-11H,12H2,1H3/b17-10-. The molecule has 1 aliphatic heterocycles. The van der Waals surface area contributed by atoms with E-state index in [0.29, 0.717) is 23.9 Å². The fourth-order valence-corrected chi connectivity index (χ4v) is 4.05. The summed E-state index contributed by atoms with van der Waals surface area (Å²) in [7, 11) is 1.57. The monoisotopic (exact) mass is 579 g/mol. The highest BCUT2D eigenvalue weighted by Crippen LogP contribution is 2.35. The van der Waals surface area contributed by atoms with Gasteiger partial charge in [0.25, 0.3) is 5.90 Å². The van der Waals surface area contributed by atoms with Crippen LogP contribution >= 0.6 is 38.5 Å². The van der Waals surface area contributed by atoms with Crippen LogP contribution in [0.15, 0.2) is 74.4 Å². The molecule has 2 aromatic carbocycles. The number of furan rings is 1. The van der Waals surface area contributed by atoms with Crippen LogP contribution in [0.4, 0.5) is 0 Å². The third kappa shape index (κ3) is 4.59. The largest absolute Gasteiger partial charge is 0.493 e. The van der Waals surface area contributed by atoms with Crippen LogP contribution in [-0.2, 0) is 16.1 Å². The molecule has 0 aliphatic carbocycles. The SMILES string of the molecule is COc1cc(/C=C2\N=C(c3ccco3)OC2=O)cc(I)c1OCc1cccc(Br)c1. The first-order valence-electron chi connectivity index (χ1n) is 8.84. The molecule has 0 N–H and O–H groups in total. The van der Waals surface area contributed by atoms with Crippen molar-refractivity contribution in [3.63, 3.8) is 0 Å². The summed E-state index contributed by atoms with van der Waals surface area (Å²) in [6.45, 7) is 0.398. The van der Waals surface area contributed by atoms with Gasteiger partial charge in [0.15, 0.2) is 23.0 Å². The lowest BCUT2D eigenvalue weighted by Crippen LogP contribution is -2.04. The van der Waals surface area contributed by atoms with Crippen molar-refractivity contribution in [1.29, 1.82) is 0 Å². The summed E-state index contributed by atoms with van der Waals surface area (Å²) in [5.74, 6) is 1.20. The number of benzene rings is 2. The Morgan fingerprint density at radius 1 is 1.20 bits per heavy atom. The molecule has 0 spiro atoms. The molecule has 4 rings (SSSR count). The lowest BCUT2D eigenvalue weighted by atomic mass is 10.1. The Morgan fingerprint density at radius 3 is 2.80 bits per heavy atom. The van der Waals surface area contributed by atoms with Crippen LogP contribution in [0.3, 0.4) is 0 Å². The number of halogens is 2. The second kappa shape index (κ2) is 9.05.